The fraction of sp³-hybridized carbons (Fsp3) is 0.350. The lowest BCUT2D eigenvalue weighted by Gasteiger charge is -2.26. The van der Waals surface area contributed by atoms with Gasteiger partial charge in [0, 0.05) is 33.5 Å². The van der Waals surface area contributed by atoms with Crippen molar-refractivity contribution in [3.63, 3.8) is 0 Å². The molecule has 0 aliphatic heterocycles. The number of hydrogen-bond donors (Lipinski definition) is 3. The van der Waals surface area contributed by atoms with E-state index in [1.54, 1.807) is 0 Å². The van der Waals surface area contributed by atoms with Crippen LogP contribution in [0.2, 0.25) is 0 Å². The number of benzene rings is 2. The smallest absolute Gasteiger partial charge is 0.306 e. The Balaban J connectivity index is 1.73. The third-order valence-corrected chi connectivity index (χ3v) is 6.16. The average molecular weight is 429 g/mol. The standard InChI is InChI=1S/C20H19F4NO3S/c21-14-5-4-10(19(26)25-12-8-15(22)18(24)16(23)9-12)7-17(14)29-13-3-1-2-11(6-13)20(27)28/h4-5,7-9,11,13,19,25-26H,1-3,6H2,(H,27,28)/t11-,13?,19?/m0/s1. The molecule has 1 aliphatic rings. The summed E-state index contributed by atoms with van der Waals surface area (Å²) < 4.78 is 53.9. The van der Waals surface area contributed by atoms with Crippen LogP contribution in [0.3, 0.4) is 0 Å². The lowest BCUT2D eigenvalue weighted by Crippen LogP contribution is -2.24. The van der Waals surface area contributed by atoms with E-state index >= 15 is 0 Å². The summed E-state index contributed by atoms with van der Waals surface area (Å²) >= 11 is 1.21. The second-order valence-electron chi connectivity index (χ2n) is 6.93. The molecule has 3 rings (SSSR count). The van der Waals surface area contributed by atoms with Gasteiger partial charge >= 0.3 is 5.97 Å². The Morgan fingerprint density at radius 1 is 1.07 bits per heavy atom. The van der Waals surface area contributed by atoms with Gasteiger partial charge in [-0.25, -0.2) is 17.6 Å². The van der Waals surface area contributed by atoms with Gasteiger partial charge in [-0.05, 0) is 31.4 Å². The van der Waals surface area contributed by atoms with Gasteiger partial charge in [0.1, 0.15) is 5.82 Å². The van der Waals surface area contributed by atoms with Crippen LogP contribution in [0.4, 0.5) is 23.2 Å². The zero-order valence-corrected chi connectivity index (χ0v) is 16.0. The van der Waals surface area contributed by atoms with Crippen LogP contribution >= 0.6 is 11.8 Å². The van der Waals surface area contributed by atoms with Crippen LogP contribution < -0.4 is 5.32 Å². The van der Waals surface area contributed by atoms with Gasteiger partial charge in [0.2, 0.25) is 0 Å². The van der Waals surface area contributed by atoms with Crippen molar-refractivity contribution in [1.82, 2.24) is 0 Å². The van der Waals surface area contributed by atoms with Crippen molar-refractivity contribution in [3.05, 3.63) is 59.2 Å². The molecule has 2 aromatic rings. The van der Waals surface area contributed by atoms with Crippen LogP contribution in [0.5, 0.6) is 0 Å². The molecule has 0 radical (unpaired) electrons. The Morgan fingerprint density at radius 3 is 2.41 bits per heavy atom. The maximum atomic E-state index is 14.2. The molecule has 29 heavy (non-hydrogen) atoms. The van der Waals surface area contributed by atoms with E-state index in [-0.39, 0.29) is 21.4 Å². The number of halogens is 4. The third kappa shape index (κ3) is 5.22. The molecule has 3 N–H and O–H groups in total. The predicted molar refractivity (Wildman–Crippen MR) is 101 cm³/mol. The van der Waals surface area contributed by atoms with Gasteiger partial charge in [0.15, 0.2) is 23.7 Å². The van der Waals surface area contributed by atoms with E-state index in [0.717, 1.165) is 18.9 Å². The minimum Gasteiger partial charge on any atom is -0.481 e. The van der Waals surface area contributed by atoms with Crippen molar-refractivity contribution in [1.29, 1.82) is 0 Å². The zero-order chi connectivity index (χ0) is 21.1. The number of aliphatic hydroxyl groups is 1. The highest BCUT2D eigenvalue weighted by molar-refractivity contribution is 8.00. The van der Waals surface area contributed by atoms with Crippen LogP contribution in [-0.2, 0) is 4.79 Å². The first-order valence-corrected chi connectivity index (χ1v) is 9.90. The maximum absolute atomic E-state index is 14.2. The van der Waals surface area contributed by atoms with E-state index in [1.165, 1.54) is 23.9 Å². The number of carbonyl (C=O) groups is 1. The molecule has 0 amide bonds. The molecule has 1 aliphatic carbocycles. The van der Waals surface area contributed by atoms with Crippen molar-refractivity contribution >= 4 is 23.4 Å². The maximum Gasteiger partial charge on any atom is 0.306 e. The minimum absolute atomic E-state index is 0.0695. The number of carboxylic acids is 1. The van der Waals surface area contributed by atoms with E-state index < -0.39 is 41.4 Å². The second-order valence-corrected chi connectivity index (χ2v) is 8.27. The number of anilines is 1. The van der Waals surface area contributed by atoms with Crippen molar-refractivity contribution in [2.75, 3.05) is 5.32 Å². The number of rotatable bonds is 6. The highest BCUT2D eigenvalue weighted by atomic mass is 32.2. The quantitative estimate of drug-likeness (QED) is 0.339. The highest BCUT2D eigenvalue weighted by Gasteiger charge is 2.28. The average Bonchev–Trinajstić information content (AvgIpc) is 2.68. The molecule has 156 valence electrons. The fourth-order valence-electron chi connectivity index (χ4n) is 3.32. The molecule has 0 aromatic heterocycles. The van der Waals surface area contributed by atoms with E-state index in [9.17, 15) is 32.6 Å². The van der Waals surface area contributed by atoms with E-state index in [1.807, 2.05) is 0 Å². The van der Waals surface area contributed by atoms with E-state index in [0.29, 0.717) is 25.0 Å². The van der Waals surface area contributed by atoms with Gasteiger partial charge in [0.25, 0.3) is 0 Å². The first-order valence-electron chi connectivity index (χ1n) is 9.02. The second kappa shape index (κ2) is 9.04. The first-order chi connectivity index (χ1) is 13.7. The molecule has 1 saturated carbocycles. The Kier molecular flexibility index (Phi) is 6.69. The van der Waals surface area contributed by atoms with Gasteiger partial charge < -0.3 is 15.5 Å². The monoisotopic (exact) mass is 429 g/mol. The molecular weight excluding hydrogens is 410 g/mol. The molecule has 2 aromatic carbocycles. The van der Waals surface area contributed by atoms with Crippen LogP contribution in [-0.4, -0.2) is 21.4 Å². The molecule has 0 saturated heterocycles. The fourth-order valence-corrected chi connectivity index (χ4v) is 4.67. The summed E-state index contributed by atoms with van der Waals surface area (Å²) in [6.45, 7) is 0. The van der Waals surface area contributed by atoms with E-state index in [4.69, 9.17) is 0 Å². The Hall–Kier alpha value is -2.26. The largest absolute Gasteiger partial charge is 0.481 e. The number of aliphatic carboxylic acids is 1. The summed E-state index contributed by atoms with van der Waals surface area (Å²) in [6, 6.07) is 5.28. The first kappa shape index (κ1) is 21.4. The lowest BCUT2D eigenvalue weighted by atomic mass is 9.89. The number of nitrogens with one attached hydrogen (secondary N) is 1. The number of carboxylic acid groups (broad SMARTS) is 1. The van der Waals surface area contributed by atoms with Crippen LogP contribution in [0, 0.1) is 29.2 Å². The summed E-state index contributed by atoms with van der Waals surface area (Å²) in [5.74, 6) is -6.24. The zero-order valence-electron chi connectivity index (χ0n) is 15.2. The molecule has 0 spiro atoms. The number of hydrogen-bond acceptors (Lipinski definition) is 4. The van der Waals surface area contributed by atoms with Crippen molar-refractivity contribution in [2.45, 2.75) is 42.1 Å². The Bertz CT molecular complexity index is 888. The molecule has 9 heteroatoms. The normalized spacial score (nSPS) is 20.3. The molecule has 1 fully saturated rings. The Morgan fingerprint density at radius 2 is 1.76 bits per heavy atom. The van der Waals surface area contributed by atoms with Gasteiger partial charge in [-0.15, -0.1) is 11.8 Å². The van der Waals surface area contributed by atoms with Gasteiger partial charge in [-0.2, -0.15) is 0 Å². The van der Waals surface area contributed by atoms with E-state index in [2.05, 4.69) is 5.32 Å². The molecular formula is C20H19F4NO3S. The summed E-state index contributed by atoms with van der Waals surface area (Å²) in [6.07, 6.45) is 1.10. The van der Waals surface area contributed by atoms with Gasteiger partial charge in [-0.1, -0.05) is 12.5 Å². The highest BCUT2D eigenvalue weighted by Crippen LogP contribution is 2.38. The minimum atomic E-state index is -1.61. The molecule has 2 unspecified atom stereocenters. The van der Waals surface area contributed by atoms with Crippen LogP contribution in [0.15, 0.2) is 35.2 Å². The summed E-state index contributed by atoms with van der Waals surface area (Å²) in [5.41, 5.74) is 0.0636. The third-order valence-electron chi connectivity index (χ3n) is 4.83. The van der Waals surface area contributed by atoms with Crippen LogP contribution in [0.25, 0.3) is 0 Å². The Labute approximate surface area is 168 Å². The van der Waals surface area contributed by atoms with Gasteiger partial charge in [0.05, 0.1) is 5.92 Å². The van der Waals surface area contributed by atoms with Crippen LogP contribution in [0.1, 0.15) is 37.5 Å². The summed E-state index contributed by atoms with van der Waals surface area (Å²) in [7, 11) is 0. The topological polar surface area (TPSA) is 69.6 Å². The van der Waals surface area contributed by atoms with Crippen molar-refractivity contribution in [3.8, 4) is 0 Å². The summed E-state index contributed by atoms with van der Waals surface area (Å²) in [5, 5.41) is 21.9. The summed E-state index contributed by atoms with van der Waals surface area (Å²) in [4.78, 5) is 11.4. The molecule has 0 bridgehead atoms. The van der Waals surface area contributed by atoms with Crippen molar-refractivity contribution in [2.24, 2.45) is 5.92 Å². The SMILES string of the molecule is O=C(O)[C@H]1CCCC(Sc2cc(C(O)Nc3cc(F)c(F)c(F)c3)ccc2F)C1. The molecule has 0 heterocycles. The predicted octanol–water partition coefficient (Wildman–Crippen LogP) is 5.08. The lowest BCUT2D eigenvalue weighted by molar-refractivity contribution is -0.142. The van der Waals surface area contributed by atoms with Gasteiger partial charge in [-0.3, -0.25) is 4.79 Å². The number of thioether (sulfide) groups is 1. The number of aliphatic hydroxyl groups excluding tert-OH is 1. The molecule has 3 atom stereocenters. The van der Waals surface area contributed by atoms with Crippen molar-refractivity contribution < 1.29 is 32.6 Å². The molecule has 4 nitrogen and oxygen atoms in total.